The van der Waals surface area contributed by atoms with Gasteiger partial charge in [0.15, 0.2) is 9.84 Å². The summed E-state index contributed by atoms with van der Waals surface area (Å²) in [4.78, 5) is 14.1. The van der Waals surface area contributed by atoms with Gasteiger partial charge in [-0.2, -0.15) is 0 Å². The number of carbonyl (C=O) groups is 1. The molecule has 1 amide bonds. The van der Waals surface area contributed by atoms with Gasteiger partial charge >= 0.3 is 0 Å². The van der Waals surface area contributed by atoms with E-state index in [0.717, 1.165) is 0 Å². The molecule has 1 atom stereocenters. The van der Waals surface area contributed by atoms with Crippen molar-refractivity contribution >= 4 is 21.4 Å². The highest BCUT2D eigenvalue weighted by atomic mass is 32.2. The van der Waals surface area contributed by atoms with Crippen molar-refractivity contribution in [3.63, 3.8) is 0 Å². The second-order valence-electron chi connectivity index (χ2n) is 5.19. The number of hydrogen-bond donors (Lipinski definition) is 1. The zero-order chi connectivity index (χ0) is 15.6. The molecule has 1 aromatic rings. The van der Waals surface area contributed by atoms with Crippen LogP contribution >= 0.6 is 0 Å². The molecule has 7 heteroatoms. The fraction of sp³-hybridized carbons (Fsp3) is 0.500. The molecular weight excluding hydrogens is 292 g/mol. The Balaban J connectivity index is 2.24. The molecule has 116 valence electrons. The predicted molar refractivity (Wildman–Crippen MR) is 81.2 cm³/mol. The van der Waals surface area contributed by atoms with Gasteiger partial charge in [-0.1, -0.05) is 0 Å². The highest BCUT2D eigenvalue weighted by Gasteiger charge is 2.31. The first-order chi connectivity index (χ1) is 9.82. The second-order valence-corrected chi connectivity index (χ2v) is 7.41. The third-order valence-corrected chi connectivity index (χ3v) is 5.21. The maximum Gasteiger partial charge on any atom is 0.254 e. The number of ether oxygens (including phenoxy) is 1. The SMILES string of the molecule is CCOc1cc(N)cc(C(=O)N2CCS(=O)(=O)CC2C)c1. The number of anilines is 1. The van der Waals surface area contributed by atoms with Crippen molar-refractivity contribution in [3.8, 4) is 5.75 Å². The molecule has 1 aliphatic rings. The number of hydrogen-bond acceptors (Lipinski definition) is 5. The third-order valence-electron chi connectivity index (χ3n) is 3.42. The first-order valence-electron chi connectivity index (χ1n) is 6.87. The van der Waals surface area contributed by atoms with Crippen LogP contribution < -0.4 is 10.5 Å². The normalized spacial score (nSPS) is 21.0. The van der Waals surface area contributed by atoms with E-state index in [1.165, 1.54) is 0 Å². The molecule has 6 nitrogen and oxygen atoms in total. The Bertz CT molecular complexity index is 642. The zero-order valence-electron chi connectivity index (χ0n) is 12.2. The van der Waals surface area contributed by atoms with Gasteiger partial charge in [-0.15, -0.1) is 0 Å². The maximum absolute atomic E-state index is 12.5. The third kappa shape index (κ3) is 3.66. The van der Waals surface area contributed by atoms with E-state index in [1.807, 2.05) is 6.92 Å². The van der Waals surface area contributed by atoms with Crippen LogP contribution in [-0.4, -0.2) is 49.9 Å². The summed E-state index contributed by atoms with van der Waals surface area (Å²) in [5.74, 6) is 0.326. The molecule has 0 aromatic heterocycles. The summed E-state index contributed by atoms with van der Waals surface area (Å²) in [5, 5.41) is 0. The van der Waals surface area contributed by atoms with Gasteiger partial charge in [0.1, 0.15) is 5.75 Å². The van der Waals surface area contributed by atoms with E-state index in [2.05, 4.69) is 0 Å². The lowest BCUT2D eigenvalue weighted by Crippen LogP contribution is -2.49. The molecule has 1 aliphatic heterocycles. The average molecular weight is 312 g/mol. The van der Waals surface area contributed by atoms with E-state index >= 15 is 0 Å². The lowest BCUT2D eigenvalue weighted by molar-refractivity contribution is 0.0712. The summed E-state index contributed by atoms with van der Waals surface area (Å²) in [6, 6.07) is 4.54. The minimum atomic E-state index is -3.05. The van der Waals surface area contributed by atoms with Crippen LogP contribution in [0.2, 0.25) is 0 Å². The van der Waals surface area contributed by atoms with Crippen molar-refractivity contribution in [2.24, 2.45) is 0 Å². The van der Waals surface area contributed by atoms with Gasteiger partial charge in [0, 0.05) is 29.9 Å². The van der Waals surface area contributed by atoms with Crippen LogP contribution in [0.15, 0.2) is 18.2 Å². The van der Waals surface area contributed by atoms with Crippen molar-refractivity contribution in [1.29, 1.82) is 0 Å². The minimum absolute atomic E-state index is 0.000622. The smallest absolute Gasteiger partial charge is 0.254 e. The monoisotopic (exact) mass is 312 g/mol. The molecule has 0 aliphatic carbocycles. The highest BCUT2D eigenvalue weighted by molar-refractivity contribution is 7.91. The van der Waals surface area contributed by atoms with Crippen molar-refractivity contribution in [2.45, 2.75) is 19.9 Å². The second kappa shape index (κ2) is 5.93. The number of amides is 1. The van der Waals surface area contributed by atoms with Crippen LogP contribution in [0.4, 0.5) is 5.69 Å². The number of benzene rings is 1. The fourth-order valence-corrected chi connectivity index (χ4v) is 4.02. The van der Waals surface area contributed by atoms with Crippen LogP contribution in [0.3, 0.4) is 0 Å². The molecule has 1 unspecified atom stereocenters. The Morgan fingerprint density at radius 3 is 2.76 bits per heavy atom. The largest absolute Gasteiger partial charge is 0.494 e. The molecule has 1 aromatic carbocycles. The van der Waals surface area contributed by atoms with Crippen molar-refractivity contribution in [3.05, 3.63) is 23.8 Å². The van der Waals surface area contributed by atoms with Crippen LogP contribution in [0.1, 0.15) is 24.2 Å². The summed E-state index contributed by atoms with van der Waals surface area (Å²) in [5.41, 5.74) is 6.65. The number of nitrogens with zero attached hydrogens (tertiary/aromatic N) is 1. The lowest BCUT2D eigenvalue weighted by atomic mass is 10.1. The summed E-state index contributed by atoms with van der Waals surface area (Å²) >= 11 is 0. The van der Waals surface area contributed by atoms with Crippen LogP contribution in [0.25, 0.3) is 0 Å². The maximum atomic E-state index is 12.5. The number of rotatable bonds is 3. The van der Waals surface area contributed by atoms with Gasteiger partial charge in [-0.05, 0) is 26.0 Å². The Labute approximate surface area is 124 Å². The summed E-state index contributed by atoms with van der Waals surface area (Å²) in [7, 11) is -3.05. The molecule has 0 saturated carbocycles. The van der Waals surface area contributed by atoms with Crippen molar-refractivity contribution < 1.29 is 17.9 Å². The zero-order valence-corrected chi connectivity index (χ0v) is 13.0. The van der Waals surface area contributed by atoms with E-state index in [0.29, 0.717) is 23.6 Å². The van der Waals surface area contributed by atoms with Crippen molar-refractivity contribution in [1.82, 2.24) is 4.90 Å². The van der Waals surface area contributed by atoms with Gasteiger partial charge in [-0.25, -0.2) is 8.42 Å². The quantitative estimate of drug-likeness (QED) is 0.839. The van der Waals surface area contributed by atoms with E-state index in [9.17, 15) is 13.2 Å². The van der Waals surface area contributed by atoms with Crippen LogP contribution in [0, 0.1) is 0 Å². The van der Waals surface area contributed by atoms with E-state index < -0.39 is 9.84 Å². The van der Waals surface area contributed by atoms with Gasteiger partial charge in [-0.3, -0.25) is 4.79 Å². The molecular formula is C14H20N2O4S. The minimum Gasteiger partial charge on any atom is -0.494 e. The number of nitrogens with two attached hydrogens (primary N) is 1. The molecule has 2 N–H and O–H groups in total. The Morgan fingerprint density at radius 2 is 2.14 bits per heavy atom. The van der Waals surface area contributed by atoms with Crippen LogP contribution in [-0.2, 0) is 9.84 Å². The van der Waals surface area contributed by atoms with E-state index in [1.54, 1.807) is 30.0 Å². The van der Waals surface area contributed by atoms with Gasteiger partial charge < -0.3 is 15.4 Å². The molecule has 1 heterocycles. The first kappa shape index (κ1) is 15.6. The topological polar surface area (TPSA) is 89.7 Å². The molecule has 1 saturated heterocycles. The number of nitrogen functional groups attached to an aromatic ring is 1. The Hall–Kier alpha value is -1.76. The fourth-order valence-electron chi connectivity index (χ4n) is 2.46. The summed E-state index contributed by atoms with van der Waals surface area (Å²) < 4.78 is 28.5. The molecule has 1 fully saturated rings. The van der Waals surface area contributed by atoms with Crippen molar-refractivity contribution in [2.75, 3.05) is 30.4 Å². The number of carbonyl (C=O) groups excluding carboxylic acids is 1. The Kier molecular flexibility index (Phi) is 4.41. The highest BCUT2D eigenvalue weighted by Crippen LogP contribution is 2.22. The number of sulfone groups is 1. The lowest BCUT2D eigenvalue weighted by Gasteiger charge is -2.33. The first-order valence-corrected chi connectivity index (χ1v) is 8.69. The summed E-state index contributed by atoms with van der Waals surface area (Å²) in [6.07, 6.45) is 0. The Morgan fingerprint density at radius 1 is 1.43 bits per heavy atom. The van der Waals surface area contributed by atoms with E-state index in [4.69, 9.17) is 10.5 Å². The molecule has 0 spiro atoms. The standard InChI is InChI=1S/C14H20N2O4S/c1-3-20-13-7-11(6-12(15)8-13)14(17)16-4-5-21(18,19)9-10(16)2/h6-8,10H,3-5,9,15H2,1-2H3. The van der Waals surface area contributed by atoms with Crippen LogP contribution in [0.5, 0.6) is 5.75 Å². The summed E-state index contributed by atoms with van der Waals surface area (Å²) in [6.45, 7) is 4.28. The van der Waals surface area contributed by atoms with Gasteiger partial charge in [0.2, 0.25) is 0 Å². The van der Waals surface area contributed by atoms with Gasteiger partial charge in [0.25, 0.3) is 5.91 Å². The molecule has 0 bridgehead atoms. The predicted octanol–water partition coefficient (Wildman–Crippen LogP) is 0.927. The molecule has 0 radical (unpaired) electrons. The van der Waals surface area contributed by atoms with E-state index in [-0.39, 0.29) is 30.0 Å². The average Bonchev–Trinajstić information content (AvgIpc) is 2.36. The van der Waals surface area contributed by atoms with Gasteiger partial charge in [0.05, 0.1) is 18.1 Å². The molecule has 21 heavy (non-hydrogen) atoms. The molecule has 2 rings (SSSR count).